The Hall–Kier alpha value is -0.650. The smallest absolute Gasteiger partial charge is 0.220 e. The van der Waals surface area contributed by atoms with Crippen LogP contribution in [0.1, 0.15) is 40.0 Å². The van der Waals surface area contributed by atoms with Crippen molar-refractivity contribution in [2.75, 3.05) is 20.8 Å². The molecule has 0 heterocycles. The van der Waals surface area contributed by atoms with E-state index in [1.165, 1.54) is 0 Å². The summed E-state index contributed by atoms with van der Waals surface area (Å²) in [7, 11) is 3.11. The van der Waals surface area contributed by atoms with E-state index in [9.17, 15) is 4.79 Å². The zero-order valence-electron chi connectivity index (χ0n) is 12.3. The lowest BCUT2D eigenvalue weighted by Gasteiger charge is -2.25. The normalized spacial score (nSPS) is 13.7. The SMILES string of the molecule is COC(OC)C(C)NC(=O)CCC(C)(C)CCN. The van der Waals surface area contributed by atoms with Crippen molar-refractivity contribution in [2.45, 2.75) is 52.4 Å². The van der Waals surface area contributed by atoms with Gasteiger partial charge in [-0.2, -0.15) is 0 Å². The van der Waals surface area contributed by atoms with E-state index in [2.05, 4.69) is 19.2 Å². The predicted molar refractivity (Wildman–Crippen MR) is 72.1 cm³/mol. The molecule has 1 unspecified atom stereocenters. The minimum Gasteiger partial charge on any atom is -0.354 e. The second-order valence-electron chi connectivity index (χ2n) is 5.40. The van der Waals surface area contributed by atoms with E-state index in [0.717, 1.165) is 12.8 Å². The maximum atomic E-state index is 11.8. The third-order valence-electron chi connectivity index (χ3n) is 3.11. The van der Waals surface area contributed by atoms with Crippen LogP contribution < -0.4 is 11.1 Å². The molecule has 0 aromatic heterocycles. The minimum absolute atomic E-state index is 0.0201. The summed E-state index contributed by atoms with van der Waals surface area (Å²) in [6, 6.07) is -0.162. The summed E-state index contributed by atoms with van der Waals surface area (Å²) in [4.78, 5) is 11.8. The van der Waals surface area contributed by atoms with E-state index >= 15 is 0 Å². The molecule has 0 radical (unpaired) electrons. The number of carbonyl (C=O) groups excluding carboxylic acids is 1. The molecule has 0 aromatic carbocycles. The van der Waals surface area contributed by atoms with Gasteiger partial charge in [-0.1, -0.05) is 13.8 Å². The monoisotopic (exact) mass is 260 g/mol. The number of amides is 1. The summed E-state index contributed by atoms with van der Waals surface area (Å²) in [5.41, 5.74) is 5.65. The van der Waals surface area contributed by atoms with Crippen molar-refractivity contribution in [3.63, 3.8) is 0 Å². The highest BCUT2D eigenvalue weighted by Gasteiger charge is 2.21. The Kier molecular flexibility index (Phi) is 8.15. The molecule has 1 atom stereocenters. The van der Waals surface area contributed by atoms with Gasteiger partial charge in [-0.05, 0) is 31.7 Å². The van der Waals surface area contributed by atoms with Gasteiger partial charge in [0.1, 0.15) is 0 Å². The number of hydrogen-bond acceptors (Lipinski definition) is 4. The second kappa shape index (κ2) is 8.45. The molecule has 0 aromatic rings. The summed E-state index contributed by atoms with van der Waals surface area (Å²) in [6.45, 7) is 6.77. The van der Waals surface area contributed by atoms with Gasteiger partial charge >= 0.3 is 0 Å². The number of nitrogens with two attached hydrogens (primary N) is 1. The first-order chi connectivity index (χ1) is 8.36. The third kappa shape index (κ3) is 6.93. The Balaban J connectivity index is 4.04. The Morgan fingerprint density at radius 2 is 1.83 bits per heavy atom. The Morgan fingerprint density at radius 3 is 2.28 bits per heavy atom. The summed E-state index contributed by atoms with van der Waals surface area (Å²) < 4.78 is 10.2. The zero-order valence-corrected chi connectivity index (χ0v) is 12.3. The van der Waals surface area contributed by atoms with Gasteiger partial charge in [-0.15, -0.1) is 0 Å². The van der Waals surface area contributed by atoms with Gasteiger partial charge in [0.25, 0.3) is 0 Å². The van der Waals surface area contributed by atoms with E-state index in [-0.39, 0.29) is 17.4 Å². The summed E-state index contributed by atoms with van der Waals surface area (Å²) in [5.74, 6) is 0.0201. The lowest BCUT2D eigenvalue weighted by molar-refractivity contribution is -0.136. The van der Waals surface area contributed by atoms with E-state index in [0.29, 0.717) is 13.0 Å². The molecule has 1 amide bonds. The maximum absolute atomic E-state index is 11.8. The number of hydrogen-bond donors (Lipinski definition) is 2. The highest BCUT2D eigenvalue weighted by Crippen LogP contribution is 2.25. The van der Waals surface area contributed by atoms with Crippen LogP contribution in [0.25, 0.3) is 0 Å². The van der Waals surface area contributed by atoms with Gasteiger partial charge in [0.05, 0.1) is 6.04 Å². The molecule has 0 aliphatic heterocycles. The molecule has 0 saturated heterocycles. The van der Waals surface area contributed by atoms with Crippen molar-refractivity contribution in [1.82, 2.24) is 5.32 Å². The molecule has 0 spiro atoms. The van der Waals surface area contributed by atoms with E-state index in [4.69, 9.17) is 15.2 Å². The fourth-order valence-electron chi connectivity index (χ4n) is 1.87. The maximum Gasteiger partial charge on any atom is 0.220 e. The number of ether oxygens (including phenoxy) is 2. The molecule has 5 heteroatoms. The van der Waals surface area contributed by atoms with Crippen LogP contribution in [-0.4, -0.2) is 39.0 Å². The van der Waals surface area contributed by atoms with Crippen LogP contribution in [-0.2, 0) is 14.3 Å². The van der Waals surface area contributed by atoms with Crippen LogP contribution >= 0.6 is 0 Å². The van der Waals surface area contributed by atoms with Gasteiger partial charge in [-0.3, -0.25) is 4.79 Å². The van der Waals surface area contributed by atoms with Crippen molar-refractivity contribution in [2.24, 2.45) is 11.1 Å². The molecule has 0 fully saturated rings. The van der Waals surface area contributed by atoms with E-state index in [1.807, 2.05) is 6.92 Å². The average molecular weight is 260 g/mol. The minimum atomic E-state index is -0.411. The van der Waals surface area contributed by atoms with Gasteiger partial charge in [-0.25, -0.2) is 0 Å². The number of rotatable bonds is 9. The van der Waals surface area contributed by atoms with E-state index in [1.54, 1.807) is 14.2 Å². The summed E-state index contributed by atoms with van der Waals surface area (Å²) in [5, 5.41) is 2.88. The fraction of sp³-hybridized carbons (Fsp3) is 0.923. The van der Waals surface area contributed by atoms with Gasteiger partial charge in [0, 0.05) is 20.6 Å². The molecule has 18 heavy (non-hydrogen) atoms. The first-order valence-corrected chi connectivity index (χ1v) is 6.41. The average Bonchev–Trinajstić information content (AvgIpc) is 2.28. The van der Waals surface area contributed by atoms with E-state index < -0.39 is 6.29 Å². The molecule has 0 aliphatic carbocycles. The molecule has 0 rings (SSSR count). The zero-order chi connectivity index (χ0) is 14.2. The van der Waals surface area contributed by atoms with Crippen molar-refractivity contribution in [3.05, 3.63) is 0 Å². The Labute approximate surface area is 110 Å². The predicted octanol–water partition coefficient (Wildman–Crippen LogP) is 1.27. The van der Waals surface area contributed by atoms with Crippen LogP contribution in [0.4, 0.5) is 0 Å². The fourth-order valence-corrected chi connectivity index (χ4v) is 1.87. The van der Waals surface area contributed by atoms with Gasteiger partial charge in [0.2, 0.25) is 5.91 Å². The lowest BCUT2D eigenvalue weighted by atomic mass is 9.84. The molecule has 0 bridgehead atoms. The van der Waals surface area contributed by atoms with Crippen molar-refractivity contribution in [3.8, 4) is 0 Å². The van der Waals surface area contributed by atoms with Crippen LogP contribution in [0.5, 0.6) is 0 Å². The molecular formula is C13H28N2O3. The van der Waals surface area contributed by atoms with Crippen molar-refractivity contribution >= 4 is 5.91 Å². The Morgan fingerprint density at radius 1 is 1.28 bits per heavy atom. The van der Waals surface area contributed by atoms with Gasteiger partial charge in [0.15, 0.2) is 6.29 Å². The Bertz CT molecular complexity index is 240. The first-order valence-electron chi connectivity index (χ1n) is 6.41. The lowest BCUT2D eigenvalue weighted by Crippen LogP contribution is -2.43. The molecule has 5 nitrogen and oxygen atoms in total. The quantitative estimate of drug-likeness (QED) is 0.612. The standard InChI is InChI=1S/C13H28N2O3/c1-10(12(17-4)18-5)15-11(16)6-7-13(2,3)8-9-14/h10,12H,6-9,14H2,1-5H3,(H,15,16). The van der Waals surface area contributed by atoms with Gasteiger partial charge < -0.3 is 20.5 Å². The molecule has 108 valence electrons. The number of carbonyl (C=O) groups is 1. The molecule has 0 saturated carbocycles. The van der Waals surface area contributed by atoms with Crippen LogP contribution in [0.15, 0.2) is 0 Å². The van der Waals surface area contributed by atoms with Crippen molar-refractivity contribution < 1.29 is 14.3 Å². The summed E-state index contributed by atoms with van der Waals surface area (Å²) >= 11 is 0. The molecule has 3 N–H and O–H groups in total. The molecule has 0 aliphatic rings. The van der Waals surface area contributed by atoms with Crippen LogP contribution in [0.2, 0.25) is 0 Å². The highest BCUT2D eigenvalue weighted by atomic mass is 16.7. The third-order valence-corrected chi connectivity index (χ3v) is 3.11. The number of nitrogens with one attached hydrogen (secondary N) is 1. The largest absolute Gasteiger partial charge is 0.354 e. The van der Waals surface area contributed by atoms with Crippen molar-refractivity contribution in [1.29, 1.82) is 0 Å². The topological polar surface area (TPSA) is 73.6 Å². The highest BCUT2D eigenvalue weighted by molar-refractivity contribution is 5.76. The summed E-state index contributed by atoms with van der Waals surface area (Å²) in [6.07, 6.45) is 1.84. The van der Waals surface area contributed by atoms with Crippen LogP contribution in [0, 0.1) is 5.41 Å². The second-order valence-corrected chi connectivity index (χ2v) is 5.40. The first kappa shape index (κ1) is 17.4. The number of methoxy groups -OCH3 is 2. The van der Waals surface area contributed by atoms with Crippen LogP contribution in [0.3, 0.4) is 0 Å². The molecular weight excluding hydrogens is 232 g/mol.